The molecule has 37 heavy (non-hydrogen) atoms. The molecule has 0 spiro atoms. The fourth-order valence-electron chi connectivity index (χ4n) is 4.61. The first kappa shape index (κ1) is 26.9. The molecular formula is C23H26F6N6O2. The number of anilines is 2. The van der Waals surface area contributed by atoms with E-state index in [-0.39, 0.29) is 56.6 Å². The number of primary amides is 1. The molecule has 14 heteroatoms. The maximum absolute atomic E-state index is 15.5. The number of ether oxygens (including phenoxy) is 1. The Hall–Kier alpha value is -3.13. The summed E-state index contributed by atoms with van der Waals surface area (Å²) in [5.74, 6) is -3.33. The van der Waals surface area contributed by atoms with E-state index in [2.05, 4.69) is 15.3 Å². The highest BCUT2D eigenvalue weighted by molar-refractivity contribution is 5.75. The molecule has 0 unspecified atom stereocenters. The number of hydrogen-bond acceptors (Lipinski definition) is 7. The minimum Gasteiger partial charge on any atom is -0.377 e. The van der Waals surface area contributed by atoms with Crippen LogP contribution in [-0.4, -0.2) is 72.9 Å². The minimum atomic E-state index is -4.71. The van der Waals surface area contributed by atoms with Gasteiger partial charge in [-0.25, -0.2) is 18.7 Å². The van der Waals surface area contributed by atoms with Crippen molar-refractivity contribution in [3.05, 3.63) is 47.3 Å². The van der Waals surface area contributed by atoms with E-state index in [4.69, 9.17) is 10.5 Å². The number of nitrogens with one attached hydrogen (secondary N) is 1. The Morgan fingerprint density at radius 2 is 2.00 bits per heavy atom. The van der Waals surface area contributed by atoms with Crippen LogP contribution in [0.3, 0.4) is 0 Å². The largest absolute Gasteiger partial charge is 0.416 e. The van der Waals surface area contributed by atoms with Crippen LogP contribution in [-0.2, 0) is 15.7 Å². The first-order valence-electron chi connectivity index (χ1n) is 11.6. The number of hydrogen-bond donors (Lipinski definition) is 2. The highest BCUT2D eigenvalue weighted by Gasteiger charge is 2.35. The van der Waals surface area contributed by atoms with Gasteiger partial charge in [0.15, 0.2) is 11.6 Å². The van der Waals surface area contributed by atoms with Gasteiger partial charge in [-0.15, -0.1) is 0 Å². The van der Waals surface area contributed by atoms with E-state index < -0.39 is 47.4 Å². The highest BCUT2D eigenvalue weighted by atomic mass is 19.4. The Bertz CT molecular complexity index is 1120. The summed E-state index contributed by atoms with van der Waals surface area (Å²) in [5, 5.41) is 2.80. The molecule has 2 aliphatic rings. The van der Waals surface area contributed by atoms with Crippen molar-refractivity contribution in [3.63, 3.8) is 0 Å². The molecule has 3 atom stereocenters. The van der Waals surface area contributed by atoms with Gasteiger partial charge < -0.3 is 20.7 Å². The van der Waals surface area contributed by atoms with Gasteiger partial charge in [0.1, 0.15) is 18.3 Å². The monoisotopic (exact) mass is 532 g/mol. The zero-order valence-electron chi connectivity index (χ0n) is 19.6. The number of rotatable bonds is 7. The zero-order valence-corrected chi connectivity index (χ0v) is 19.6. The average Bonchev–Trinajstić information content (AvgIpc) is 2.83. The molecule has 1 aromatic carbocycles. The molecule has 0 bridgehead atoms. The molecule has 0 saturated carbocycles. The molecule has 4 rings (SSSR count). The molecule has 1 amide bonds. The standard InChI is InChI=1S/C23H26F6N6O2/c24-16-7-14(23(27,28)29)1-2-15(16)18-11-37-6-5-35(18)22-20(26)21(32-12-33-22)31-8-13-3-4-34(9-17(13)25)10-19(30)36/h1-2,7,12-13,17-18H,3-6,8-11H2,(H2,30,36)(H,31,32,33)/t13-,17+,18+/m0/s1. The predicted molar refractivity (Wildman–Crippen MR) is 121 cm³/mol. The fourth-order valence-corrected chi connectivity index (χ4v) is 4.61. The number of aromatic nitrogens is 2. The summed E-state index contributed by atoms with van der Waals surface area (Å²) in [6.07, 6.45) is -4.46. The lowest BCUT2D eigenvalue weighted by Crippen LogP contribution is -2.46. The second-order valence-corrected chi connectivity index (χ2v) is 9.03. The number of benzene rings is 1. The number of nitrogens with two attached hydrogens (primary N) is 1. The summed E-state index contributed by atoms with van der Waals surface area (Å²) in [6, 6.07) is 1.23. The van der Waals surface area contributed by atoms with Crippen LogP contribution < -0.4 is 16.0 Å². The van der Waals surface area contributed by atoms with Crippen molar-refractivity contribution in [3.8, 4) is 0 Å². The number of carbonyl (C=O) groups excluding carboxylic acids is 1. The Labute approximate surface area is 208 Å². The van der Waals surface area contributed by atoms with E-state index >= 15 is 4.39 Å². The van der Waals surface area contributed by atoms with E-state index in [0.717, 1.165) is 18.5 Å². The normalized spacial score (nSPS) is 23.2. The summed E-state index contributed by atoms with van der Waals surface area (Å²) in [7, 11) is 0. The number of nitrogens with zero attached hydrogens (tertiary/aromatic N) is 4. The third kappa shape index (κ3) is 6.24. The predicted octanol–water partition coefficient (Wildman–Crippen LogP) is 2.91. The van der Waals surface area contributed by atoms with Crippen molar-refractivity contribution in [1.82, 2.24) is 14.9 Å². The highest BCUT2D eigenvalue weighted by Crippen LogP contribution is 2.36. The number of morpholine rings is 1. The summed E-state index contributed by atoms with van der Waals surface area (Å²) in [6.45, 7) is 0.690. The molecule has 8 nitrogen and oxygen atoms in total. The number of halogens is 6. The summed E-state index contributed by atoms with van der Waals surface area (Å²) >= 11 is 0. The lowest BCUT2D eigenvalue weighted by Gasteiger charge is -2.37. The zero-order chi connectivity index (χ0) is 26.7. The van der Waals surface area contributed by atoms with Crippen molar-refractivity contribution >= 4 is 17.5 Å². The molecule has 2 aliphatic heterocycles. The van der Waals surface area contributed by atoms with E-state index in [0.29, 0.717) is 19.0 Å². The van der Waals surface area contributed by atoms with Gasteiger partial charge in [0.2, 0.25) is 11.7 Å². The van der Waals surface area contributed by atoms with E-state index in [9.17, 15) is 26.7 Å². The second-order valence-electron chi connectivity index (χ2n) is 9.03. The van der Waals surface area contributed by atoms with Crippen LogP contribution in [0.25, 0.3) is 0 Å². The summed E-state index contributed by atoms with van der Waals surface area (Å²) < 4.78 is 89.1. The molecule has 0 radical (unpaired) electrons. The number of alkyl halides is 4. The summed E-state index contributed by atoms with van der Waals surface area (Å²) in [4.78, 5) is 22.0. The molecule has 3 heterocycles. The van der Waals surface area contributed by atoms with Crippen LogP contribution in [0.1, 0.15) is 23.6 Å². The molecule has 202 valence electrons. The van der Waals surface area contributed by atoms with Gasteiger partial charge >= 0.3 is 6.18 Å². The third-order valence-corrected chi connectivity index (χ3v) is 6.53. The smallest absolute Gasteiger partial charge is 0.377 e. The van der Waals surface area contributed by atoms with Gasteiger partial charge in [0.25, 0.3) is 0 Å². The van der Waals surface area contributed by atoms with Crippen LogP contribution >= 0.6 is 0 Å². The van der Waals surface area contributed by atoms with Crippen molar-refractivity contribution in [1.29, 1.82) is 0 Å². The van der Waals surface area contributed by atoms with Gasteiger partial charge in [-0.1, -0.05) is 6.07 Å². The molecule has 2 saturated heterocycles. The second kappa shape index (κ2) is 11.1. The number of carbonyl (C=O) groups is 1. The van der Waals surface area contributed by atoms with Crippen LogP contribution in [0.5, 0.6) is 0 Å². The molecule has 3 N–H and O–H groups in total. The first-order valence-corrected chi connectivity index (χ1v) is 11.6. The van der Waals surface area contributed by atoms with Crippen LogP contribution in [0.15, 0.2) is 24.5 Å². The number of likely N-dealkylation sites (tertiary alicyclic amines) is 1. The SMILES string of the molecule is NC(=O)CN1CC[C@@H](CNc2ncnc(N3CCOC[C@@H]3c3ccc(C(F)(F)F)cc3F)c2F)[C@H](F)C1. The van der Waals surface area contributed by atoms with E-state index in [1.165, 1.54) is 4.90 Å². The van der Waals surface area contributed by atoms with Crippen molar-refractivity contribution in [2.45, 2.75) is 24.8 Å². The van der Waals surface area contributed by atoms with Gasteiger partial charge in [-0.05, 0) is 25.1 Å². The lowest BCUT2D eigenvalue weighted by atomic mass is 9.95. The van der Waals surface area contributed by atoms with Crippen LogP contribution in [0.2, 0.25) is 0 Å². The minimum absolute atomic E-state index is 0.0287. The van der Waals surface area contributed by atoms with Gasteiger partial charge in [-0.3, -0.25) is 9.69 Å². The molecule has 0 aliphatic carbocycles. The Morgan fingerprint density at radius 3 is 2.68 bits per heavy atom. The topological polar surface area (TPSA) is 96.6 Å². The van der Waals surface area contributed by atoms with Crippen LogP contribution in [0.4, 0.5) is 38.0 Å². The van der Waals surface area contributed by atoms with Crippen LogP contribution in [0, 0.1) is 17.6 Å². The number of amides is 1. The Kier molecular flexibility index (Phi) is 8.07. The van der Waals surface area contributed by atoms with E-state index in [1.54, 1.807) is 4.90 Å². The first-order chi connectivity index (χ1) is 17.5. The van der Waals surface area contributed by atoms with Gasteiger partial charge in [-0.2, -0.15) is 17.6 Å². The average molecular weight is 532 g/mol. The lowest BCUT2D eigenvalue weighted by molar-refractivity contribution is -0.137. The quantitative estimate of drug-likeness (QED) is 0.530. The van der Waals surface area contributed by atoms with Crippen molar-refractivity contribution in [2.24, 2.45) is 11.7 Å². The molecule has 2 fully saturated rings. The Balaban J connectivity index is 1.49. The van der Waals surface area contributed by atoms with Crippen molar-refractivity contribution in [2.75, 3.05) is 56.2 Å². The summed E-state index contributed by atoms with van der Waals surface area (Å²) in [5.41, 5.74) is 3.93. The molecule has 2 aromatic rings. The fraction of sp³-hybridized carbons (Fsp3) is 0.522. The van der Waals surface area contributed by atoms with Gasteiger partial charge in [0, 0.05) is 31.1 Å². The van der Waals surface area contributed by atoms with Gasteiger partial charge in [0.05, 0.1) is 31.4 Å². The maximum atomic E-state index is 15.5. The van der Waals surface area contributed by atoms with Crippen molar-refractivity contribution < 1.29 is 35.9 Å². The molecule has 1 aromatic heterocycles. The molecular weight excluding hydrogens is 506 g/mol. The number of piperidine rings is 1. The third-order valence-electron chi connectivity index (χ3n) is 6.53. The Morgan fingerprint density at radius 1 is 1.22 bits per heavy atom. The maximum Gasteiger partial charge on any atom is 0.416 e. The van der Waals surface area contributed by atoms with E-state index in [1.807, 2.05) is 0 Å².